The number of anilines is 5. The number of hydrogen-bond donors (Lipinski definition) is 0. The van der Waals surface area contributed by atoms with Gasteiger partial charge in [0.2, 0.25) is 0 Å². The zero-order valence-electron chi connectivity index (χ0n) is 33.5. The fraction of sp³-hybridized carbons (Fsp3) is 0.280. The molecule has 5 heteroatoms. The highest BCUT2D eigenvalue weighted by atomic mass is 32.2. The average Bonchev–Trinajstić information content (AvgIpc) is 3.71. The van der Waals surface area contributed by atoms with Crippen LogP contribution < -0.4 is 20.0 Å². The van der Waals surface area contributed by atoms with Crippen LogP contribution in [-0.2, 0) is 16.2 Å². The highest BCUT2D eigenvalue weighted by Gasteiger charge is 2.48. The quantitative estimate of drug-likeness (QED) is 0.163. The topological polar surface area (TPSA) is 6.48 Å². The summed E-state index contributed by atoms with van der Waals surface area (Å²) in [6.45, 7) is 21.0. The van der Waals surface area contributed by atoms with Crippen LogP contribution in [0.25, 0.3) is 10.1 Å². The third kappa shape index (κ3) is 5.44. The van der Waals surface area contributed by atoms with Crippen molar-refractivity contribution in [1.82, 2.24) is 0 Å². The van der Waals surface area contributed by atoms with E-state index in [0.717, 1.165) is 6.42 Å². The van der Waals surface area contributed by atoms with Crippen LogP contribution in [0.1, 0.15) is 96.9 Å². The number of rotatable bonds is 2. The Morgan fingerprint density at radius 1 is 0.618 bits per heavy atom. The van der Waals surface area contributed by atoms with Gasteiger partial charge >= 0.3 is 0 Å². The third-order valence-electron chi connectivity index (χ3n) is 12.3. The molecule has 0 saturated heterocycles. The van der Waals surface area contributed by atoms with Crippen LogP contribution in [0.2, 0.25) is 0 Å². The average molecular weight is 753 g/mol. The summed E-state index contributed by atoms with van der Waals surface area (Å²) in [5.74, 6) is 0.374. The Kier molecular flexibility index (Phi) is 7.65. The van der Waals surface area contributed by atoms with Crippen molar-refractivity contribution in [3.63, 3.8) is 0 Å². The van der Waals surface area contributed by atoms with Crippen LogP contribution in [0.3, 0.4) is 0 Å². The number of hydrogen-bond acceptors (Lipinski definition) is 4. The van der Waals surface area contributed by atoms with E-state index in [4.69, 9.17) is 0 Å². The predicted octanol–water partition coefficient (Wildman–Crippen LogP) is 13.3. The Hall–Kier alpha value is -4.45. The molecule has 4 aliphatic rings. The summed E-state index contributed by atoms with van der Waals surface area (Å²) in [7, 11) is 0. The lowest BCUT2D eigenvalue weighted by atomic mass is 9.35. The van der Waals surface area contributed by atoms with Gasteiger partial charge in [-0.3, -0.25) is 0 Å². The SMILES string of the molecule is CC(C)(C)c1ccc(N2C3=C(C=C4Sc5ccccc5[C@@H]4C3)B3c4sc5ccc(C(C)(C)C)cc5c4N(c4ccc(C(C)(C)C)cc4)c4cccc2c43)cc1. The summed E-state index contributed by atoms with van der Waals surface area (Å²) in [5, 5.41) is 1.36. The molecule has 0 N–H and O–H groups in total. The maximum Gasteiger partial charge on any atom is 0.264 e. The Morgan fingerprint density at radius 2 is 1.20 bits per heavy atom. The monoisotopic (exact) mass is 752 g/mol. The molecule has 4 heterocycles. The van der Waals surface area contributed by atoms with Gasteiger partial charge < -0.3 is 9.80 Å². The van der Waals surface area contributed by atoms with Gasteiger partial charge in [0.15, 0.2) is 0 Å². The van der Waals surface area contributed by atoms with Gasteiger partial charge in [-0.1, -0.05) is 135 Å². The molecule has 274 valence electrons. The first kappa shape index (κ1) is 35.0. The first-order valence-corrected chi connectivity index (χ1v) is 21.5. The molecule has 0 spiro atoms. The van der Waals surface area contributed by atoms with Gasteiger partial charge in [-0.25, -0.2) is 0 Å². The minimum Gasteiger partial charge on any atom is -0.315 e. The molecule has 10 rings (SSSR count). The molecule has 1 aliphatic carbocycles. The fourth-order valence-electron chi connectivity index (χ4n) is 9.27. The van der Waals surface area contributed by atoms with Crippen LogP contribution in [0.4, 0.5) is 28.4 Å². The van der Waals surface area contributed by atoms with Crippen LogP contribution >= 0.6 is 23.1 Å². The number of thioether (sulfide) groups is 1. The van der Waals surface area contributed by atoms with Crippen molar-refractivity contribution in [2.75, 3.05) is 9.80 Å². The highest BCUT2D eigenvalue weighted by Crippen LogP contribution is 2.57. The van der Waals surface area contributed by atoms with Crippen LogP contribution in [0.15, 0.2) is 136 Å². The van der Waals surface area contributed by atoms with E-state index < -0.39 is 0 Å². The van der Waals surface area contributed by atoms with E-state index in [1.54, 1.807) is 0 Å². The van der Waals surface area contributed by atoms with Crippen molar-refractivity contribution in [2.45, 2.75) is 95.8 Å². The van der Waals surface area contributed by atoms with E-state index in [2.05, 4.69) is 187 Å². The second-order valence-electron chi connectivity index (χ2n) is 19.0. The molecular formula is C50H49BN2S2. The zero-order chi connectivity index (χ0) is 38.2. The second-order valence-corrected chi connectivity index (χ2v) is 21.2. The smallest absolute Gasteiger partial charge is 0.264 e. The molecule has 0 unspecified atom stereocenters. The third-order valence-corrected chi connectivity index (χ3v) is 14.8. The van der Waals surface area contributed by atoms with Crippen molar-refractivity contribution in [2.24, 2.45) is 0 Å². The van der Waals surface area contributed by atoms with Crippen molar-refractivity contribution < 1.29 is 0 Å². The highest BCUT2D eigenvalue weighted by molar-refractivity contribution is 8.03. The largest absolute Gasteiger partial charge is 0.315 e. The van der Waals surface area contributed by atoms with E-state index in [1.807, 2.05) is 23.1 Å². The summed E-state index contributed by atoms with van der Waals surface area (Å²) < 4.78 is 2.81. The molecule has 1 aromatic heterocycles. The standard InChI is InChI=1S/C50H49BN2S2/c1-48(2,3)30-17-22-33(23-18-30)52-39-14-12-15-40-45(39)51(38-29-44-36(28-41(38)52)35-13-10-11-16-42(35)54-44)47-46(37-27-32(50(7,8)9)21-26-43(37)55-47)53(40)34-24-19-31(20-25-34)49(4,5)6/h10-27,29,36H,28H2,1-9H3/t36-/m0/s1. The summed E-state index contributed by atoms with van der Waals surface area (Å²) in [6, 6.07) is 42.2. The molecule has 55 heavy (non-hydrogen) atoms. The Morgan fingerprint density at radius 3 is 1.84 bits per heavy atom. The lowest BCUT2D eigenvalue weighted by Gasteiger charge is -2.45. The molecule has 0 fully saturated rings. The number of thiophene rings is 1. The van der Waals surface area contributed by atoms with Gasteiger partial charge in [0.05, 0.1) is 5.69 Å². The minimum absolute atomic E-state index is 0.0447. The van der Waals surface area contributed by atoms with Crippen LogP contribution in [-0.4, -0.2) is 6.71 Å². The summed E-state index contributed by atoms with van der Waals surface area (Å²) in [4.78, 5) is 8.13. The van der Waals surface area contributed by atoms with Crippen molar-refractivity contribution in [3.05, 3.63) is 154 Å². The molecule has 0 amide bonds. The number of allylic oxidation sites excluding steroid dienone is 4. The number of benzene rings is 5. The van der Waals surface area contributed by atoms with Crippen LogP contribution in [0.5, 0.6) is 0 Å². The van der Waals surface area contributed by atoms with E-state index in [-0.39, 0.29) is 23.0 Å². The van der Waals surface area contributed by atoms with Gasteiger partial charge in [0, 0.05) is 54.1 Å². The summed E-state index contributed by atoms with van der Waals surface area (Å²) in [5.41, 5.74) is 16.5. The summed E-state index contributed by atoms with van der Waals surface area (Å²) >= 11 is 3.99. The Balaban J connectivity index is 1.26. The fourth-order valence-corrected chi connectivity index (χ4v) is 11.8. The number of fused-ring (bicyclic) bond motifs is 8. The van der Waals surface area contributed by atoms with Gasteiger partial charge in [0.1, 0.15) is 0 Å². The predicted molar refractivity (Wildman–Crippen MR) is 241 cm³/mol. The molecule has 1 atom stereocenters. The first-order chi connectivity index (χ1) is 26.2. The lowest BCUT2D eigenvalue weighted by molar-refractivity contribution is 0.590. The lowest BCUT2D eigenvalue weighted by Crippen LogP contribution is -2.55. The Bertz CT molecular complexity index is 2610. The molecule has 6 aromatic rings. The number of nitrogens with zero attached hydrogens (tertiary/aromatic N) is 2. The van der Waals surface area contributed by atoms with E-state index in [1.165, 1.54) is 92.0 Å². The minimum atomic E-state index is 0.0447. The molecule has 0 saturated carbocycles. The first-order valence-electron chi connectivity index (χ1n) is 19.9. The molecular weight excluding hydrogens is 704 g/mol. The second kappa shape index (κ2) is 12.0. The summed E-state index contributed by atoms with van der Waals surface area (Å²) in [6.07, 6.45) is 3.59. The molecule has 5 aromatic carbocycles. The molecule has 0 bridgehead atoms. The van der Waals surface area contributed by atoms with Crippen molar-refractivity contribution >= 4 is 78.6 Å². The van der Waals surface area contributed by atoms with Gasteiger partial charge in [0.25, 0.3) is 6.71 Å². The Labute approximate surface area is 336 Å². The van der Waals surface area contributed by atoms with Gasteiger partial charge in [-0.15, -0.1) is 11.3 Å². The van der Waals surface area contributed by atoms with Gasteiger partial charge in [-0.05, 0) is 115 Å². The van der Waals surface area contributed by atoms with Crippen molar-refractivity contribution in [3.8, 4) is 0 Å². The molecule has 3 aliphatic heterocycles. The van der Waals surface area contributed by atoms with E-state index in [9.17, 15) is 0 Å². The zero-order valence-corrected chi connectivity index (χ0v) is 35.2. The normalized spacial score (nSPS) is 17.5. The van der Waals surface area contributed by atoms with Gasteiger partial charge in [-0.2, -0.15) is 0 Å². The molecule has 2 nitrogen and oxygen atoms in total. The van der Waals surface area contributed by atoms with Crippen molar-refractivity contribution in [1.29, 1.82) is 0 Å². The van der Waals surface area contributed by atoms with E-state index in [0.29, 0.717) is 5.92 Å². The maximum absolute atomic E-state index is 2.63. The molecule has 0 radical (unpaired) electrons. The van der Waals surface area contributed by atoms with E-state index >= 15 is 0 Å². The maximum atomic E-state index is 2.63. The van der Waals surface area contributed by atoms with Crippen LogP contribution in [0, 0.1) is 0 Å².